The van der Waals surface area contributed by atoms with Crippen LogP contribution in [0.5, 0.6) is 0 Å². The summed E-state index contributed by atoms with van der Waals surface area (Å²) in [5.74, 6) is 0.560. The van der Waals surface area contributed by atoms with Crippen LogP contribution in [0.2, 0.25) is 0 Å². The van der Waals surface area contributed by atoms with Crippen LogP contribution in [0, 0.1) is 5.92 Å². The van der Waals surface area contributed by atoms with Gasteiger partial charge in [-0.3, -0.25) is 0 Å². The third kappa shape index (κ3) is 4.22. The highest BCUT2D eigenvalue weighted by molar-refractivity contribution is 9.10. The summed E-state index contributed by atoms with van der Waals surface area (Å²) in [6.45, 7) is 4.56. The van der Waals surface area contributed by atoms with Crippen LogP contribution in [0.4, 0.5) is 5.69 Å². The molecule has 1 aliphatic carbocycles. The van der Waals surface area contributed by atoms with Crippen LogP contribution in [0.15, 0.2) is 28.7 Å². The predicted octanol–water partition coefficient (Wildman–Crippen LogP) is 4.76. The first-order valence-electron chi connectivity index (χ1n) is 7.77. The summed E-state index contributed by atoms with van der Waals surface area (Å²) in [6, 6.07) is 7.97. The highest BCUT2D eigenvalue weighted by Crippen LogP contribution is 2.34. The third-order valence-electron chi connectivity index (χ3n) is 4.24. The van der Waals surface area contributed by atoms with Gasteiger partial charge in [-0.15, -0.1) is 0 Å². The summed E-state index contributed by atoms with van der Waals surface area (Å²) in [6.07, 6.45) is 4.96. The van der Waals surface area contributed by atoms with Crippen LogP contribution in [0.1, 0.15) is 46.0 Å². The first-order valence-corrected chi connectivity index (χ1v) is 8.56. The topological polar surface area (TPSA) is 38.3 Å². The molecule has 3 nitrogen and oxygen atoms in total. The monoisotopic (exact) mass is 353 g/mol. The number of carbonyl (C=O) groups is 1. The fourth-order valence-electron chi connectivity index (χ4n) is 3.01. The highest BCUT2D eigenvalue weighted by Gasteiger charge is 2.40. The summed E-state index contributed by atoms with van der Waals surface area (Å²) in [7, 11) is 0. The van der Waals surface area contributed by atoms with E-state index in [9.17, 15) is 4.79 Å². The van der Waals surface area contributed by atoms with Crippen LogP contribution in [-0.2, 0) is 9.53 Å². The molecular weight excluding hydrogens is 330 g/mol. The average Bonchev–Trinajstić information content (AvgIpc) is 2.62. The maximum atomic E-state index is 12.6. The second-order valence-corrected chi connectivity index (χ2v) is 6.89. The molecule has 1 aromatic carbocycles. The summed E-state index contributed by atoms with van der Waals surface area (Å²) in [4.78, 5) is 12.6. The molecule has 21 heavy (non-hydrogen) atoms. The molecule has 0 heterocycles. The number of hydrogen-bond acceptors (Lipinski definition) is 3. The number of esters is 1. The Morgan fingerprint density at radius 2 is 2.24 bits per heavy atom. The zero-order valence-electron chi connectivity index (χ0n) is 12.8. The molecule has 0 amide bonds. The summed E-state index contributed by atoms with van der Waals surface area (Å²) in [5.41, 5.74) is 0.383. The van der Waals surface area contributed by atoms with E-state index < -0.39 is 5.54 Å². The first kappa shape index (κ1) is 16.3. The van der Waals surface area contributed by atoms with Gasteiger partial charge in [-0.25, -0.2) is 4.79 Å². The van der Waals surface area contributed by atoms with E-state index in [0.29, 0.717) is 12.5 Å². The largest absolute Gasteiger partial charge is 0.464 e. The second-order valence-electron chi connectivity index (χ2n) is 5.97. The molecule has 4 heteroatoms. The SMILES string of the molecule is CCOC(=O)C1(Nc2cccc(Br)c2)CCCC(C)CC1. The average molecular weight is 354 g/mol. The highest BCUT2D eigenvalue weighted by atomic mass is 79.9. The number of rotatable bonds is 4. The zero-order valence-corrected chi connectivity index (χ0v) is 14.4. The van der Waals surface area contributed by atoms with Crippen molar-refractivity contribution in [3.05, 3.63) is 28.7 Å². The molecule has 0 bridgehead atoms. The van der Waals surface area contributed by atoms with Crippen molar-refractivity contribution in [2.75, 3.05) is 11.9 Å². The van der Waals surface area contributed by atoms with Crippen LogP contribution in [-0.4, -0.2) is 18.1 Å². The molecule has 1 N–H and O–H groups in total. The molecule has 1 aliphatic rings. The van der Waals surface area contributed by atoms with Gasteiger partial charge in [0.2, 0.25) is 0 Å². The molecule has 0 saturated heterocycles. The lowest BCUT2D eigenvalue weighted by Gasteiger charge is -2.32. The van der Waals surface area contributed by atoms with Crippen molar-refractivity contribution in [3.8, 4) is 0 Å². The van der Waals surface area contributed by atoms with Gasteiger partial charge in [0.05, 0.1) is 6.61 Å². The Balaban J connectivity index is 2.24. The van der Waals surface area contributed by atoms with E-state index in [1.54, 1.807) is 0 Å². The van der Waals surface area contributed by atoms with E-state index in [-0.39, 0.29) is 5.97 Å². The van der Waals surface area contributed by atoms with Gasteiger partial charge in [-0.2, -0.15) is 0 Å². The Morgan fingerprint density at radius 3 is 2.95 bits per heavy atom. The van der Waals surface area contributed by atoms with E-state index in [1.807, 2.05) is 31.2 Å². The van der Waals surface area contributed by atoms with Gasteiger partial charge in [0.15, 0.2) is 0 Å². The third-order valence-corrected chi connectivity index (χ3v) is 4.73. The lowest BCUT2D eigenvalue weighted by atomic mass is 9.89. The Bertz CT molecular complexity index is 491. The maximum absolute atomic E-state index is 12.6. The van der Waals surface area contributed by atoms with Crippen LogP contribution >= 0.6 is 15.9 Å². The van der Waals surface area contributed by atoms with Crippen molar-refractivity contribution >= 4 is 27.6 Å². The predicted molar refractivity (Wildman–Crippen MR) is 89.4 cm³/mol. The number of nitrogens with one attached hydrogen (secondary N) is 1. The number of halogens is 1. The number of anilines is 1. The van der Waals surface area contributed by atoms with Gasteiger partial charge in [0, 0.05) is 10.2 Å². The molecule has 1 aromatic rings. The second kappa shape index (κ2) is 7.30. The van der Waals surface area contributed by atoms with Crippen LogP contribution < -0.4 is 5.32 Å². The molecule has 2 unspecified atom stereocenters. The molecule has 1 fully saturated rings. The molecule has 0 spiro atoms. The van der Waals surface area contributed by atoms with Gasteiger partial charge in [-0.05, 0) is 50.3 Å². The van der Waals surface area contributed by atoms with Crippen molar-refractivity contribution in [1.29, 1.82) is 0 Å². The van der Waals surface area contributed by atoms with E-state index in [0.717, 1.165) is 35.8 Å². The molecule has 1 saturated carbocycles. The fraction of sp³-hybridized carbons (Fsp3) is 0.588. The van der Waals surface area contributed by atoms with Crippen LogP contribution in [0.25, 0.3) is 0 Å². The van der Waals surface area contributed by atoms with Crippen molar-refractivity contribution in [2.24, 2.45) is 5.92 Å². The molecule has 2 atom stereocenters. The quantitative estimate of drug-likeness (QED) is 0.626. The van der Waals surface area contributed by atoms with Crippen molar-refractivity contribution in [3.63, 3.8) is 0 Å². The smallest absolute Gasteiger partial charge is 0.331 e. The minimum Gasteiger partial charge on any atom is -0.464 e. The summed E-state index contributed by atoms with van der Waals surface area (Å²) < 4.78 is 6.37. The first-order chi connectivity index (χ1) is 10.1. The Hall–Kier alpha value is -1.03. The van der Waals surface area contributed by atoms with Gasteiger partial charge in [0.25, 0.3) is 0 Å². The van der Waals surface area contributed by atoms with Gasteiger partial charge in [-0.1, -0.05) is 41.8 Å². The van der Waals surface area contributed by atoms with Crippen molar-refractivity contribution < 1.29 is 9.53 Å². The lowest BCUT2D eigenvalue weighted by molar-refractivity contribution is -0.149. The van der Waals surface area contributed by atoms with Crippen LogP contribution in [0.3, 0.4) is 0 Å². The molecule has 0 aliphatic heterocycles. The fourth-order valence-corrected chi connectivity index (χ4v) is 3.41. The minimum absolute atomic E-state index is 0.112. The summed E-state index contributed by atoms with van der Waals surface area (Å²) in [5, 5.41) is 3.48. The summed E-state index contributed by atoms with van der Waals surface area (Å²) >= 11 is 3.48. The molecule has 2 rings (SSSR count). The standard InChI is InChI=1S/C17H24BrNO2/c1-3-21-16(20)17(10-5-6-13(2)9-11-17)19-15-8-4-7-14(18)12-15/h4,7-8,12-13,19H,3,5-6,9-11H2,1-2H3. The minimum atomic E-state index is -0.582. The van der Waals surface area contributed by atoms with E-state index >= 15 is 0 Å². The van der Waals surface area contributed by atoms with E-state index in [4.69, 9.17) is 4.74 Å². The Morgan fingerprint density at radius 1 is 1.43 bits per heavy atom. The molecule has 116 valence electrons. The zero-order chi connectivity index (χ0) is 15.3. The maximum Gasteiger partial charge on any atom is 0.331 e. The Labute approximate surface area is 135 Å². The van der Waals surface area contributed by atoms with Crippen molar-refractivity contribution in [2.45, 2.75) is 51.5 Å². The number of benzene rings is 1. The van der Waals surface area contributed by atoms with Gasteiger partial charge in [0.1, 0.15) is 5.54 Å². The van der Waals surface area contributed by atoms with E-state index in [1.165, 1.54) is 6.42 Å². The number of ether oxygens (including phenoxy) is 1. The van der Waals surface area contributed by atoms with E-state index in [2.05, 4.69) is 28.2 Å². The number of hydrogen-bond donors (Lipinski definition) is 1. The van der Waals surface area contributed by atoms with Crippen molar-refractivity contribution in [1.82, 2.24) is 0 Å². The Kier molecular flexibility index (Phi) is 5.68. The normalized spacial score (nSPS) is 26.0. The number of carbonyl (C=O) groups excluding carboxylic acids is 1. The molecule has 0 aromatic heterocycles. The molecule has 0 radical (unpaired) electrons. The van der Waals surface area contributed by atoms with Gasteiger partial charge >= 0.3 is 5.97 Å². The molecular formula is C17H24BrNO2. The lowest BCUT2D eigenvalue weighted by Crippen LogP contribution is -2.47. The van der Waals surface area contributed by atoms with Gasteiger partial charge < -0.3 is 10.1 Å².